The first kappa shape index (κ1) is 15.6. The molecule has 3 heterocycles. The number of hydrogen-bond acceptors (Lipinski definition) is 5. The van der Waals surface area contributed by atoms with E-state index in [2.05, 4.69) is 10.3 Å². The maximum Gasteiger partial charge on any atom is 0.332 e. The Morgan fingerprint density at radius 2 is 2.00 bits per heavy atom. The van der Waals surface area contributed by atoms with Gasteiger partial charge in [-0.25, -0.2) is 9.78 Å². The summed E-state index contributed by atoms with van der Waals surface area (Å²) in [6.45, 7) is 2.26. The van der Waals surface area contributed by atoms with Crippen molar-refractivity contribution in [1.29, 1.82) is 5.26 Å². The molecule has 0 aliphatic heterocycles. The van der Waals surface area contributed by atoms with Gasteiger partial charge in [0.05, 0.1) is 12.2 Å². The Hall–Kier alpha value is -3.34. The zero-order valence-corrected chi connectivity index (χ0v) is 13.6. The predicted molar refractivity (Wildman–Crippen MR) is 88.9 cm³/mol. The summed E-state index contributed by atoms with van der Waals surface area (Å²) in [4.78, 5) is 28.6. The van der Waals surface area contributed by atoms with Crippen LogP contribution in [0.4, 0.5) is 5.82 Å². The summed E-state index contributed by atoms with van der Waals surface area (Å²) in [6, 6.07) is 7.66. The molecular weight excluding hydrogens is 308 g/mol. The topological polar surface area (TPSA) is 97.1 Å². The summed E-state index contributed by atoms with van der Waals surface area (Å²) in [5.41, 5.74) is 1.39. The van der Waals surface area contributed by atoms with Crippen LogP contribution in [0, 0.1) is 18.3 Å². The molecule has 0 aliphatic rings. The number of nitrogens with one attached hydrogen (secondary N) is 1. The largest absolute Gasteiger partial charge is 0.364 e. The predicted octanol–water partition coefficient (Wildman–Crippen LogP) is 0.524. The van der Waals surface area contributed by atoms with Crippen molar-refractivity contribution in [3.63, 3.8) is 0 Å². The molecule has 8 heteroatoms. The first-order valence-corrected chi connectivity index (χ1v) is 7.31. The lowest BCUT2D eigenvalue weighted by molar-refractivity contribution is 0.685. The van der Waals surface area contributed by atoms with Gasteiger partial charge < -0.3 is 9.72 Å². The molecule has 122 valence electrons. The minimum atomic E-state index is -0.617. The van der Waals surface area contributed by atoms with Gasteiger partial charge in [0, 0.05) is 26.0 Å². The van der Waals surface area contributed by atoms with Crippen LogP contribution < -0.4 is 16.6 Å². The standard InChI is InChI=1S/C16H16N6O2/c1-10-5-4-6-13-19-11(9-22(10)13)8-18-14-12(7-17)15(23)21(3)16(24)20(14)2/h4-6,9,18H,8H2,1-3H3. The molecule has 0 amide bonds. The van der Waals surface area contributed by atoms with Crippen molar-refractivity contribution in [2.75, 3.05) is 5.32 Å². The van der Waals surface area contributed by atoms with E-state index >= 15 is 0 Å². The van der Waals surface area contributed by atoms with Crippen molar-refractivity contribution in [2.45, 2.75) is 13.5 Å². The maximum atomic E-state index is 12.1. The third-order valence-electron chi connectivity index (χ3n) is 3.96. The fraction of sp³-hybridized carbons (Fsp3) is 0.250. The number of fused-ring (bicyclic) bond motifs is 1. The second-order valence-electron chi connectivity index (χ2n) is 5.52. The Balaban J connectivity index is 2.00. The summed E-state index contributed by atoms with van der Waals surface area (Å²) in [6.07, 6.45) is 1.88. The summed E-state index contributed by atoms with van der Waals surface area (Å²) in [5.74, 6) is 0.194. The van der Waals surface area contributed by atoms with Crippen LogP contribution >= 0.6 is 0 Å². The third kappa shape index (κ3) is 2.36. The molecule has 1 N–H and O–H groups in total. The number of imidazole rings is 1. The van der Waals surface area contributed by atoms with E-state index in [1.165, 1.54) is 18.7 Å². The van der Waals surface area contributed by atoms with Gasteiger partial charge in [0.25, 0.3) is 5.56 Å². The quantitative estimate of drug-likeness (QED) is 0.758. The van der Waals surface area contributed by atoms with E-state index in [1.807, 2.05) is 41.8 Å². The lowest BCUT2D eigenvalue weighted by Gasteiger charge is -2.12. The highest BCUT2D eigenvalue weighted by atomic mass is 16.2. The lowest BCUT2D eigenvalue weighted by atomic mass is 10.3. The van der Waals surface area contributed by atoms with E-state index in [9.17, 15) is 14.9 Å². The average Bonchev–Trinajstić information content (AvgIpc) is 2.99. The molecule has 3 aromatic heterocycles. The zero-order chi connectivity index (χ0) is 17.4. The molecule has 0 aromatic carbocycles. The first-order chi connectivity index (χ1) is 11.4. The van der Waals surface area contributed by atoms with Crippen LogP contribution in [0.1, 0.15) is 17.0 Å². The van der Waals surface area contributed by atoms with Gasteiger partial charge in [-0.1, -0.05) is 6.07 Å². The Labute approximate surface area is 137 Å². The molecule has 0 atom stereocenters. The van der Waals surface area contributed by atoms with Crippen molar-refractivity contribution in [1.82, 2.24) is 18.5 Å². The van der Waals surface area contributed by atoms with E-state index < -0.39 is 11.2 Å². The number of pyridine rings is 1. The monoisotopic (exact) mass is 324 g/mol. The summed E-state index contributed by atoms with van der Waals surface area (Å²) < 4.78 is 4.12. The Morgan fingerprint density at radius 3 is 2.67 bits per heavy atom. The van der Waals surface area contributed by atoms with Crippen LogP contribution in [0.15, 0.2) is 34.0 Å². The van der Waals surface area contributed by atoms with Gasteiger partial charge in [-0.05, 0) is 19.1 Å². The average molecular weight is 324 g/mol. The van der Waals surface area contributed by atoms with Crippen molar-refractivity contribution in [2.24, 2.45) is 14.1 Å². The number of aromatic nitrogens is 4. The minimum Gasteiger partial charge on any atom is -0.364 e. The van der Waals surface area contributed by atoms with Crippen LogP contribution in [-0.2, 0) is 20.6 Å². The number of nitriles is 1. The molecule has 0 bridgehead atoms. The SMILES string of the molecule is Cc1cccc2nc(CNc3c(C#N)c(=O)n(C)c(=O)n3C)cn12. The van der Waals surface area contributed by atoms with Crippen molar-refractivity contribution < 1.29 is 0 Å². The molecule has 0 saturated heterocycles. The fourth-order valence-corrected chi connectivity index (χ4v) is 2.61. The van der Waals surface area contributed by atoms with E-state index in [1.54, 1.807) is 0 Å². The van der Waals surface area contributed by atoms with Crippen LogP contribution in [0.2, 0.25) is 0 Å². The molecule has 0 radical (unpaired) electrons. The molecule has 0 spiro atoms. The summed E-state index contributed by atoms with van der Waals surface area (Å²) in [5, 5.41) is 12.2. The van der Waals surface area contributed by atoms with Gasteiger partial charge in [-0.15, -0.1) is 0 Å². The molecule has 0 aliphatic carbocycles. The normalized spacial score (nSPS) is 10.8. The van der Waals surface area contributed by atoms with E-state index in [4.69, 9.17) is 0 Å². The number of nitrogens with zero attached hydrogens (tertiary/aromatic N) is 5. The molecule has 0 fully saturated rings. The second kappa shape index (κ2) is 5.70. The van der Waals surface area contributed by atoms with Crippen LogP contribution in [0.5, 0.6) is 0 Å². The van der Waals surface area contributed by atoms with E-state index in [-0.39, 0.29) is 17.9 Å². The van der Waals surface area contributed by atoms with Gasteiger partial charge in [0.15, 0.2) is 5.56 Å². The van der Waals surface area contributed by atoms with Crippen LogP contribution in [-0.4, -0.2) is 18.5 Å². The smallest absolute Gasteiger partial charge is 0.332 e. The highest BCUT2D eigenvalue weighted by Gasteiger charge is 2.15. The van der Waals surface area contributed by atoms with Crippen molar-refractivity contribution in [3.8, 4) is 6.07 Å². The van der Waals surface area contributed by atoms with Gasteiger partial charge >= 0.3 is 5.69 Å². The fourth-order valence-electron chi connectivity index (χ4n) is 2.61. The van der Waals surface area contributed by atoms with Crippen LogP contribution in [0.3, 0.4) is 0 Å². The van der Waals surface area contributed by atoms with E-state index in [0.29, 0.717) is 0 Å². The highest BCUT2D eigenvalue weighted by Crippen LogP contribution is 2.12. The Kier molecular flexibility index (Phi) is 3.69. The molecule has 0 unspecified atom stereocenters. The maximum absolute atomic E-state index is 12.1. The van der Waals surface area contributed by atoms with E-state index in [0.717, 1.165) is 21.6 Å². The number of aryl methyl sites for hydroxylation is 1. The minimum absolute atomic E-state index is 0.0976. The van der Waals surface area contributed by atoms with Gasteiger partial charge in [-0.2, -0.15) is 5.26 Å². The van der Waals surface area contributed by atoms with Crippen molar-refractivity contribution >= 4 is 11.5 Å². The summed E-state index contributed by atoms with van der Waals surface area (Å²) >= 11 is 0. The van der Waals surface area contributed by atoms with Gasteiger partial charge in [-0.3, -0.25) is 13.9 Å². The first-order valence-electron chi connectivity index (χ1n) is 7.31. The van der Waals surface area contributed by atoms with Crippen molar-refractivity contribution in [3.05, 3.63) is 62.2 Å². The summed E-state index contributed by atoms with van der Waals surface area (Å²) in [7, 11) is 2.86. The van der Waals surface area contributed by atoms with Gasteiger partial charge in [0.2, 0.25) is 0 Å². The molecule has 24 heavy (non-hydrogen) atoms. The highest BCUT2D eigenvalue weighted by molar-refractivity contribution is 5.51. The Bertz CT molecular complexity index is 1100. The Morgan fingerprint density at radius 1 is 1.25 bits per heavy atom. The zero-order valence-electron chi connectivity index (χ0n) is 13.6. The lowest BCUT2D eigenvalue weighted by Crippen LogP contribution is -2.39. The molecule has 8 nitrogen and oxygen atoms in total. The molecular formula is C16H16N6O2. The van der Waals surface area contributed by atoms with Crippen LogP contribution in [0.25, 0.3) is 5.65 Å². The number of anilines is 1. The number of hydrogen-bond donors (Lipinski definition) is 1. The second-order valence-corrected chi connectivity index (χ2v) is 5.52. The molecule has 3 aromatic rings. The number of rotatable bonds is 3. The molecule has 0 saturated carbocycles. The molecule has 3 rings (SSSR count). The van der Waals surface area contributed by atoms with Gasteiger partial charge in [0.1, 0.15) is 17.5 Å². The third-order valence-corrected chi connectivity index (χ3v) is 3.96.